The van der Waals surface area contributed by atoms with Gasteiger partial charge in [0.1, 0.15) is 0 Å². The van der Waals surface area contributed by atoms with Crippen LogP contribution >= 0.6 is 24.8 Å². The maximum atomic E-state index is 13.0. The molecule has 28 heavy (non-hydrogen) atoms. The molecule has 4 nitrogen and oxygen atoms in total. The first kappa shape index (κ1) is 24.4. The van der Waals surface area contributed by atoms with Gasteiger partial charge in [-0.25, -0.2) is 0 Å². The van der Waals surface area contributed by atoms with Gasteiger partial charge in [0.2, 0.25) is 5.91 Å². The van der Waals surface area contributed by atoms with Gasteiger partial charge in [0.05, 0.1) is 12.5 Å². The van der Waals surface area contributed by atoms with E-state index in [-0.39, 0.29) is 36.8 Å². The summed E-state index contributed by atoms with van der Waals surface area (Å²) in [5.41, 5.74) is 9.10. The highest BCUT2D eigenvalue weighted by Crippen LogP contribution is 2.24. The van der Waals surface area contributed by atoms with Crippen LogP contribution in [0.1, 0.15) is 35.6 Å². The van der Waals surface area contributed by atoms with Gasteiger partial charge in [-0.2, -0.15) is 0 Å². The number of rotatable bonds is 7. The van der Waals surface area contributed by atoms with Gasteiger partial charge >= 0.3 is 0 Å². The Morgan fingerprint density at radius 1 is 1.00 bits per heavy atom. The van der Waals surface area contributed by atoms with Gasteiger partial charge < -0.3 is 15.5 Å². The quantitative estimate of drug-likeness (QED) is 0.735. The lowest BCUT2D eigenvalue weighted by molar-refractivity contribution is -0.131. The molecule has 1 saturated heterocycles. The lowest BCUT2D eigenvalue weighted by Crippen LogP contribution is -2.39. The minimum absolute atomic E-state index is 0. The molecule has 0 radical (unpaired) electrons. The Hall–Kier alpha value is -1.59. The van der Waals surface area contributed by atoms with Crippen molar-refractivity contribution in [3.63, 3.8) is 0 Å². The van der Waals surface area contributed by atoms with Crippen LogP contribution in [0.2, 0.25) is 0 Å². The predicted molar refractivity (Wildman–Crippen MR) is 120 cm³/mol. The summed E-state index contributed by atoms with van der Waals surface area (Å²) in [6.45, 7) is 3.61. The number of likely N-dealkylation sites (N-methyl/N-ethyl adjacent to an activating group) is 1. The number of likely N-dealkylation sites (tertiary alicyclic amines) is 1. The smallest absolute Gasteiger partial charge is 0.227 e. The van der Waals surface area contributed by atoms with E-state index in [0.29, 0.717) is 13.0 Å². The summed E-state index contributed by atoms with van der Waals surface area (Å²) < 4.78 is 0. The fourth-order valence-corrected chi connectivity index (χ4v) is 3.73. The highest BCUT2D eigenvalue weighted by atomic mass is 35.5. The van der Waals surface area contributed by atoms with Gasteiger partial charge in [0, 0.05) is 20.1 Å². The summed E-state index contributed by atoms with van der Waals surface area (Å²) in [7, 11) is 1.93. The summed E-state index contributed by atoms with van der Waals surface area (Å²) in [4.78, 5) is 17.4. The molecular weight excluding hydrogens is 393 g/mol. The van der Waals surface area contributed by atoms with Crippen molar-refractivity contribution in [1.29, 1.82) is 0 Å². The molecule has 1 aliphatic heterocycles. The summed E-state index contributed by atoms with van der Waals surface area (Å²) in [6, 6.07) is 18.4. The van der Waals surface area contributed by atoms with Crippen LogP contribution in [-0.2, 0) is 17.8 Å². The van der Waals surface area contributed by atoms with Crippen molar-refractivity contribution in [2.24, 2.45) is 5.73 Å². The van der Waals surface area contributed by atoms with Crippen LogP contribution in [0.5, 0.6) is 0 Å². The minimum Gasteiger partial charge on any atom is -0.337 e. The second-order valence-electron chi connectivity index (χ2n) is 7.09. The summed E-state index contributed by atoms with van der Waals surface area (Å²) in [5, 5.41) is 0. The molecule has 1 aliphatic rings. The third kappa shape index (κ3) is 6.21. The Kier molecular flexibility index (Phi) is 10.5. The van der Waals surface area contributed by atoms with Gasteiger partial charge in [0.15, 0.2) is 0 Å². The molecule has 0 bridgehead atoms. The zero-order valence-electron chi connectivity index (χ0n) is 16.4. The Bertz CT molecular complexity index is 721. The van der Waals surface area contributed by atoms with E-state index in [9.17, 15) is 4.79 Å². The standard InChI is InChI=1S/C22H29N3O.2ClH/c1-24(22(26)15-19-11-5-6-12-20(19)16-23)21(17-25-13-7-8-14-25)18-9-3-2-4-10-18;;/h2-6,9-12,21H,7-8,13-17,23H2,1H3;2*1H. The molecule has 0 aliphatic carbocycles. The highest BCUT2D eigenvalue weighted by molar-refractivity contribution is 5.85. The first-order valence-electron chi connectivity index (χ1n) is 9.49. The molecule has 2 aromatic rings. The number of amides is 1. The van der Waals surface area contributed by atoms with Gasteiger partial charge in [-0.1, -0.05) is 54.6 Å². The molecule has 1 fully saturated rings. The molecule has 2 N–H and O–H groups in total. The Labute approximate surface area is 180 Å². The van der Waals surface area contributed by atoms with Crippen molar-refractivity contribution in [3.8, 4) is 0 Å². The third-order valence-electron chi connectivity index (χ3n) is 5.36. The van der Waals surface area contributed by atoms with E-state index < -0.39 is 0 Å². The molecule has 2 aromatic carbocycles. The summed E-state index contributed by atoms with van der Waals surface area (Å²) >= 11 is 0. The average Bonchev–Trinajstić information content (AvgIpc) is 3.20. The normalized spacial score (nSPS) is 14.6. The number of hydrogen-bond acceptors (Lipinski definition) is 3. The first-order chi connectivity index (χ1) is 12.7. The zero-order chi connectivity index (χ0) is 18.4. The van der Waals surface area contributed by atoms with Crippen LogP contribution in [-0.4, -0.2) is 42.4 Å². The van der Waals surface area contributed by atoms with E-state index in [1.807, 2.05) is 54.4 Å². The second kappa shape index (κ2) is 12.1. The molecule has 0 aromatic heterocycles. The van der Waals surface area contributed by atoms with E-state index in [1.165, 1.54) is 18.4 Å². The predicted octanol–water partition coefficient (Wildman–Crippen LogP) is 3.83. The van der Waals surface area contributed by atoms with E-state index in [2.05, 4.69) is 17.0 Å². The maximum Gasteiger partial charge on any atom is 0.227 e. The maximum absolute atomic E-state index is 13.0. The molecule has 0 saturated carbocycles. The number of nitrogens with two attached hydrogens (primary N) is 1. The lowest BCUT2D eigenvalue weighted by atomic mass is 10.0. The van der Waals surface area contributed by atoms with Gasteiger partial charge in [0.25, 0.3) is 0 Å². The van der Waals surface area contributed by atoms with E-state index >= 15 is 0 Å². The molecule has 1 amide bonds. The van der Waals surface area contributed by atoms with Crippen molar-refractivity contribution < 1.29 is 4.79 Å². The fraction of sp³-hybridized carbons (Fsp3) is 0.409. The van der Waals surface area contributed by atoms with Crippen molar-refractivity contribution in [3.05, 3.63) is 71.3 Å². The highest BCUT2D eigenvalue weighted by Gasteiger charge is 2.25. The number of carbonyl (C=O) groups is 1. The third-order valence-corrected chi connectivity index (χ3v) is 5.36. The van der Waals surface area contributed by atoms with E-state index in [1.54, 1.807) is 0 Å². The molecule has 6 heteroatoms. The van der Waals surface area contributed by atoms with Crippen LogP contribution in [0.15, 0.2) is 54.6 Å². The van der Waals surface area contributed by atoms with Crippen molar-refractivity contribution in [2.45, 2.75) is 31.8 Å². The topological polar surface area (TPSA) is 49.6 Å². The van der Waals surface area contributed by atoms with E-state index in [4.69, 9.17) is 5.73 Å². The van der Waals surface area contributed by atoms with Crippen LogP contribution in [0.3, 0.4) is 0 Å². The van der Waals surface area contributed by atoms with Crippen molar-refractivity contribution in [1.82, 2.24) is 9.80 Å². The van der Waals surface area contributed by atoms with Crippen LogP contribution < -0.4 is 5.73 Å². The number of carbonyl (C=O) groups excluding carboxylic acids is 1. The number of hydrogen-bond donors (Lipinski definition) is 1. The van der Waals surface area contributed by atoms with Gasteiger partial charge in [-0.15, -0.1) is 24.8 Å². The average molecular weight is 424 g/mol. The molecule has 1 heterocycles. The SMILES string of the molecule is CN(C(=O)Cc1ccccc1CN)C(CN1CCCC1)c1ccccc1.Cl.Cl. The van der Waals surface area contributed by atoms with Crippen LogP contribution in [0, 0.1) is 0 Å². The Morgan fingerprint density at radius 3 is 2.18 bits per heavy atom. The van der Waals surface area contributed by atoms with Crippen molar-refractivity contribution >= 4 is 30.7 Å². The molecule has 1 unspecified atom stereocenters. The lowest BCUT2D eigenvalue weighted by Gasteiger charge is -2.32. The molecule has 3 rings (SSSR count). The summed E-state index contributed by atoms with van der Waals surface area (Å²) in [6.07, 6.45) is 2.90. The largest absolute Gasteiger partial charge is 0.337 e. The first-order valence-corrected chi connectivity index (χ1v) is 9.49. The van der Waals surface area contributed by atoms with Gasteiger partial charge in [-0.3, -0.25) is 4.79 Å². The minimum atomic E-state index is 0. The monoisotopic (exact) mass is 423 g/mol. The van der Waals surface area contributed by atoms with Crippen molar-refractivity contribution in [2.75, 3.05) is 26.7 Å². The molecule has 154 valence electrons. The molecule has 1 atom stereocenters. The second-order valence-corrected chi connectivity index (χ2v) is 7.09. The van der Waals surface area contributed by atoms with Gasteiger partial charge in [-0.05, 0) is 42.6 Å². The number of halogens is 2. The van der Waals surface area contributed by atoms with Crippen LogP contribution in [0.4, 0.5) is 0 Å². The molecular formula is C22H31Cl2N3O. The summed E-state index contributed by atoms with van der Waals surface area (Å²) in [5.74, 6) is 0.138. The number of nitrogens with zero attached hydrogens (tertiary/aromatic N) is 2. The Morgan fingerprint density at radius 2 is 1.57 bits per heavy atom. The Balaban J connectivity index is 0.00000196. The van der Waals surface area contributed by atoms with Crippen LogP contribution in [0.25, 0.3) is 0 Å². The zero-order valence-corrected chi connectivity index (χ0v) is 18.1. The molecule has 0 spiro atoms. The number of benzene rings is 2. The van der Waals surface area contributed by atoms with E-state index in [0.717, 1.165) is 30.8 Å². The fourth-order valence-electron chi connectivity index (χ4n) is 3.73.